The second kappa shape index (κ2) is 4.57. The molecule has 0 atom stereocenters. The van der Waals surface area contributed by atoms with Crippen molar-refractivity contribution in [2.45, 2.75) is 0 Å². The summed E-state index contributed by atoms with van der Waals surface area (Å²) < 4.78 is 11.1. The summed E-state index contributed by atoms with van der Waals surface area (Å²) in [5.74, 6) is 1.15. The molecule has 0 fully saturated rings. The van der Waals surface area contributed by atoms with Crippen molar-refractivity contribution < 1.29 is 9.15 Å². The SMILES string of the molecule is C=CCOc1ccc2nc3ccc(=O)cc-3oc2c1. The van der Waals surface area contributed by atoms with Gasteiger partial charge >= 0.3 is 0 Å². The number of rotatable bonds is 3. The van der Waals surface area contributed by atoms with Gasteiger partial charge in [-0.05, 0) is 24.3 Å². The summed E-state index contributed by atoms with van der Waals surface area (Å²) in [4.78, 5) is 15.7. The molecule has 1 heterocycles. The predicted molar refractivity (Wildman–Crippen MR) is 72.6 cm³/mol. The first-order valence-electron chi connectivity index (χ1n) is 5.84. The molecule has 0 N–H and O–H groups in total. The van der Waals surface area contributed by atoms with Crippen molar-refractivity contribution in [2.75, 3.05) is 6.61 Å². The van der Waals surface area contributed by atoms with Gasteiger partial charge in [-0.25, -0.2) is 4.98 Å². The third-order valence-electron chi connectivity index (χ3n) is 2.69. The molecule has 19 heavy (non-hydrogen) atoms. The van der Waals surface area contributed by atoms with E-state index in [2.05, 4.69) is 11.6 Å². The number of hydrogen-bond acceptors (Lipinski definition) is 4. The minimum absolute atomic E-state index is 0.100. The van der Waals surface area contributed by atoms with Gasteiger partial charge in [-0.2, -0.15) is 0 Å². The van der Waals surface area contributed by atoms with Gasteiger partial charge in [0.05, 0.1) is 0 Å². The molecule has 4 nitrogen and oxygen atoms in total. The molecule has 0 bridgehead atoms. The third-order valence-corrected chi connectivity index (χ3v) is 2.69. The smallest absolute Gasteiger partial charge is 0.182 e. The number of hydrogen-bond donors (Lipinski definition) is 0. The summed E-state index contributed by atoms with van der Waals surface area (Å²) in [7, 11) is 0. The molecule has 0 aromatic heterocycles. The van der Waals surface area contributed by atoms with Crippen LogP contribution >= 0.6 is 0 Å². The minimum atomic E-state index is -0.100. The standard InChI is InChI=1S/C15H11NO3/c1-2-7-18-11-4-6-13-15(9-11)19-14-8-10(17)3-5-12(14)16-13/h2-6,8-9H,1,7H2. The first-order chi connectivity index (χ1) is 9.26. The Labute approximate surface area is 109 Å². The molecule has 1 aliphatic heterocycles. The fourth-order valence-corrected chi connectivity index (χ4v) is 1.83. The van der Waals surface area contributed by atoms with Gasteiger partial charge in [0.1, 0.15) is 23.6 Å². The van der Waals surface area contributed by atoms with Crippen molar-refractivity contribution in [3.63, 3.8) is 0 Å². The number of benzene rings is 2. The van der Waals surface area contributed by atoms with Crippen LogP contribution in [0.2, 0.25) is 0 Å². The summed E-state index contributed by atoms with van der Waals surface area (Å²) in [6.45, 7) is 4.02. The number of fused-ring (bicyclic) bond motifs is 2. The minimum Gasteiger partial charge on any atom is -0.489 e. The largest absolute Gasteiger partial charge is 0.489 e. The average Bonchev–Trinajstić information content (AvgIpc) is 2.42. The molecule has 1 aliphatic carbocycles. The summed E-state index contributed by atoms with van der Waals surface area (Å²) >= 11 is 0. The Kier molecular flexibility index (Phi) is 2.76. The van der Waals surface area contributed by atoms with Gasteiger partial charge in [-0.3, -0.25) is 4.79 Å². The Morgan fingerprint density at radius 3 is 3.00 bits per heavy atom. The molecule has 1 aromatic carbocycles. The lowest BCUT2D eigenvalue weighted by molar-refractivity contribution is 0.363. The third kappa shape index (κ3) is 2.20. The van der Waals surface area contributed by atoms with Crippen LogP contribution in [0.15, 0.2) is 58.3 Å². The molecule has 0 amide bonds. The highest BCUT2D eigenvalue weighted by atomic mass is 16.5. The maximum Gasteiger partial charge on any atom is 0.182 e. The quantitative estimate of drug-likeness (QED) is 0.532. The summed E-state index contributed by atoms with van der Waals surface area (Å²) in [6.07, 6.45) is 1.67. The molecule has 0 unspecified atom stereocenters. The van der Waals surface area contributed by atoms with E-state index in [1.54, 1.807) is 18.2 Å². The number of nitrogens with zero attached hydrogens (tertiary/aromatic N) is 1. The van der Waals surface area contributed by atoms with Crippen molar-refractivity contribution in [3.8, 4) is 17.2 Å². The lowest BCUT2D eigenvalue weighted by Crippen LogP contribution is -1.99. The van der Waals surface area contributed by atoms with Crippen molar-refractivity contribution in [1.29, 1.82) is 0 Å². The van der Waals surface area contributed by atoms with Crippen LogP contribution in [-0.2, 0) is 0 Å². The van der Waals surface area contributed by atoms with Crippen LogP contribution < -0.4 is 10.2 Å². The van der Waals surface area contributed by atoms with E-state index in [-0.39, 0.29) is 5.43 Å². The van der Waals surface area contributed by atoms with E-state index >= 15 is 0 Å². The topological polar surface area (TPSA) is 52.3 Å². The van der Waals surface area contributed by atoms with Crippen molar-refractivity contribution >= 4 is 11.1 Å². The summed E-state index contributed by atoms with van der Waals surface area (Å²) in [5, 5.41) is 0. The molecular weight excluding hydrogens is 242 g/mol. The van der Waals surface area contributed by atoms with Crippen LogP contribution in [-0.4, -0.2) is 11.6 Å². The van der Waals surface area contributed by atoms with Crippen LogP contribution in [0, 0.1) is 0 Å². The Morgan fingerprint density at radius 2 is 2.16 bits per heavy atom. The maximum absolute atomic E-state index is 11.3. The van der Waals surface area contributed by atoms with E-state index < -0.39 is 0 Å². The Hall–Kier alpha value is -2.62. The van der Waals surface area contributed by atoms with Gasteiger partial charge in [0.15, 0.2) is 16.8 Å². The molecule has 4 heteroatoms. The molecule has 2 aliphatic rings. The van der Waals surface area contributed by atoms with E-state index in [1.807, 2.05) is 12.1 Å². The highest BCUT2D eigenvalue weighted by Gasteiger charge is 2.09. The fraction of sp³-hybridized carbons (Fsp3) is 0.0667. The lowest BCUT2D eigenvalue weighted by Gasteiger charge is -2.07. The first kappa shape index (κ1) is 11.5. The summed E-state index contributed by atoms with van der Waals surface area (Å²) in [5.41, 5.74) is 1.86. The van der Waals surface area contributed by atoms with Gasteiger partial charge in [-0.15, -0.1) is 0 Å². The van der Waals surface area contributed by atoms with Gasteiger partial charge < -0.3 is 9.15 Å². The van der Waals surface area contributed by atoms with Gasteiger partial charge in [-0.1, -0.05) is 12.7 Å². The van der Waals surface area contributed by atoms with Crippen LogP contribution in [0.1, 0.15) is 0 Å². The van der Waals surface area contributed by atoms with Crippen molar-refractivity contribution in [3.05, 3.63) is 59.3 Å². The number of aromatic nitrogens is 1. The average molecular weight is 253 g/mol. The Morgan fingerprint density at radius 1 is 1.26 bits per heavy atom. The predicted octanol–water partition coefficient (Wildman–Crippen LogP) is 2.86. The van der Waals surface area contributed by atoms with E-state index in [1.165, 1.54) is 12.1 Å². The van der Waals surface area contributed by atoms with Gasteiger partial charge in [0.25, 0.3) is 0 Å². The molecule has 0 spiro atoms. The first-order valence-corrected chi connectivity index (χ1v) is 5.84. The number of ether oxygens (including phenoxy) is 1. The lowest BCUT2D eigenvalue weighted by atomic mass is 10.2. The van der Waals surface area contributed by atoms with Gasteiger partial charge in [0.2, 0.25) is 0 Å². The van der Waals surface area contributed by atoms with Crippen molar-refractivity contribution in [1.82, 2.24) is 4.98 Å². The van der Waals surface area contributed by atoms with E-state index in [9.17, 15) is 4.79 Å². The molecule has 0 saturated heterocycles. The second-order valence-corrected chi connectivity index (χ2v) is 4.07. The van der Waals surface area contributed by atoms with Crippen LogP contribution in [0.3, 0.4) is 0 Å². The van der Waals surface area contributed by atoms with Gasteiger partial charge in [0, 0.05) is 12.1 Å². The Balaban J connectivity index is 2.17. The molecule has 3 rings (SSSR count). The monoisotopic (exact) mass is 253 g/mol. The van der Waals surface area contributed by atoms with Crippen LogP contribution in [0.25, 0.3) is 22.6 Å². The van der Waals surface area contributed by atoms with Crippen LogP contribution in [0.5, 0.6) is 5.75 Å². The highest BCUT2D eigenvalue weighted by Crippen LogP contribution is 2.26. The highest BCUT2D eigenvalue weighted by molar-refractivity contribution is 5.77. The maximum atomic E-state index is 11.3. The Bertz CT molecular complexity index is 776. The zero-order chi connectivity index (χ0) is 13.2. The van der Waals surface area contributed by atoms with Crippen LogP contribution in [0.4, 0.5) is 0 Å². The normalized spacial score (nSPS) is 10.7. The molecule has 94 valence electrons. The van der Waals surface area contributed by atoms with E-state index in [4.69, 9.17) is 9.15 Å². The van der Waals surface area contributed by atoms with E-state index in [0.29, 0.717) is 29.4 Å². The zero-order valence-electron chi connectivity index (χ0n) is 10.1. The van der Waals surface area contributed by atoms with Crippen molar-refractivity contribution in [2.24, 2.45) is 0 Å². The molecule has 0 saturated carbocycles. The molecule has 0 radical (unpaired) electrons. The van der Waals surface area contributed by atoms with E-state index in [0.717, 1.165) is 5.52 Å². The molecular formula is C15H11NO3. The molecule has 1 aromatic rings. The fourth-order valence-electron chi connectivity index (χ4n) is 1.83. The second-order valence-electron chi connectivity index (χ2n) is 4.07. The zero-order valence-corrected chi connectivity index (χ0v) is 10.1. The summed E-state index contributed by atoms with van der Waals surface area (Å²) in [6, 6.07) is 9.95.